The summed E-state index contributed by atoms with van der Waals surface area (Å²) in [5.41, 5.74) is 0. The molecule has 0 bridgehead atoms. The molecule has 1 aromatic rings. The Morgan fingerprint density at radius 3 is 2.38 bits per heavy atom. The molecule has 10 nitrogen and oxygen atoms in total. The Morgan fingerprint density at radius 1 is 1.23 bits per heavy atom. The third-order valence-corrected chi connectivity index (χ3v) is 3.62. The van der Waals surface area contributed by atoms with Gasteiger partial charge in [-0.1, -0.05) is 18.5 Å². The zero-order valence-corrected chi connectivity index (χ0v) is 15.2. The van der Waals surface area contributed by atoms with Gasteiger partial charge in [0.2, 0.25) is 5.91 Å². The van der Waals surface area contributed by atoms with E-state index >= 15 is 0 Å². The molecule has 0 fully saturated rings. The van der Waals surface area contributed by atoms with E-state index < -0.39 is 29.9 Å². The van der Waals surface area contributed by atoms with Crippen LogP contribution in [-0.2, 0) is 14.4 Å². The summed E-state index contributed by atoms with van der Waals surface area (Å²) in [6.45, 7) is 1.28. The molecule has 4 N–H and O–H groups in total. The summed E-state index contributed by atoms with van der Waals surface area (Å²) >= 11 is 5.67. The molecule has 1 rings (SSSR count). The summed E-state index contributed by atoms with van der Waals surface area (Å²) in [5, 5.41) is 16.0. The molecule has 0 radical (unpaired) electrons. The summed E-state index contributed by atoms with van der Waals surface area (Å²) in [5.74, 6) is -2.93. The minimum atomic E-state index is -1.35. The number of nitrogens with one attached hydrogen (secondary N) is 3. The van der Waals surface area contributed by atoms with Crippen molar-refractivity contribution in [1.29, 1.82) is 0 Å². The van der Waals surface area contributed by atoms with Crippen LogP contribution < -0.4 is 16.0 Å². The van der Waals surface area contributed by atoms with Crippen LogP contribution in [0.1, 0.15) is 6.92 Å². The van der Waals surface area contributed by atoms with Crippen LogP contribution in [0.15, 0.2) is 18.3 Å². The SMILES string of the molecule is CC(C(=O)N(C)C)[C@H](CNC(=O)C(=O)Nc1ccc(Cl)cn1)NC(=O)O. The van der Waals surface area contributed by atoms with E-state index in [0.29, 0.717) is 5.02 Å². The van der Waals surface area contributed by atoms with Gasteiger partial charge in [0, 0.05) is 26.8 Å². The normalized spacial score (nSPS) is 12.5. The molecular weight excluding hydrogens is 366 g/mol. The van der Waals surface area contributed by atoms with Gasteiger partial charge in [-0.3, -0.25) is 14.4 Å². The third-order valence-electron chi connectivity index (χ3n) is 3.40. The number of rotatable bonds is 6. The van der Waals surface area contributed by atoms with Crippen molar-refractivity contribution in [2.45, 2.75) is 13.0 Å². The highest BCUT2D eigenvalue weighted by atomic mass is 35.5. The van der Waals surface area contributed by atoms with Crippen molar-refractivity contribution in [3.63, 3.8) is 0 Å². The van der Waals surface area contributed by atoms with Crippen molar-refractivity contribution in [2.75, 3.05) is 26.0 Å². The number of hydrogen-bond donors (Lipinski definition) is 4. The zero-order chi connectivity index (χ0) is 19.9. The number of carbonyl (C=O) groups is 4. The number of aromatic nitrogens is 1. The van der Waals surface area contributed by atoms with Gasteiger partial charge in [-0.05, 0) is 12.1 Å². The van der Waals surface area contributed by atoms with Crippen LogP contribution in [0.25, 0.3) is 0 Å². The predicted molar refractivity (Wildman–Crippen MR) is 93.7 cm³/mol. The minimum Gasteiger partial charge on any atom is -0.465 e. The molecule has 0 aliphatic heterocycles. The fraction of sp³-hybridized carbons (Fsp3) is 0.400. The highest BCUT2D eigenvalue weighted by Crippen LogP contribution is 2.09. The first kappa shape index (κ1) is 21.2. The molecule has 0 spiro atoms. The van der Waals surface area contributed by atoms with Crippen molar-refractivity contribution in [3.8, 4) is 0 Å². The summed E-state index contributed by atoms with van der Waals surface area (Å²) in [7, 11) is 3.06. The topological polar surface area (TPSA) is 141 Å². The number of hydrogen-bond acceptors (Lipinski definition) is 5. The van der Waals surface area contributed by atoms with E-state index in [-0.39, 0.29) is 18.3 Å². The van der Waals surface area contributed by atoms with E-state index in [2.05, 4.69) is 20.9 Å². The first-order valence-electron chi connectivity index (χ1n) is 7.53. The first-order chi connectivity index (χ1) is 12.1. The molecule has 0 saturated carbocycles. The summed E-state index contributed by atoms with van der Waals surface area (Å²) < 4.78 is 0. The van der Waals surface area contributed by atoms with Crippen molar-refractivity contribution < 1.29 is 24.3 Å². The highest BCUT2D eigenvalue weighted by Gasteiger charge is 2.28. The lowest BCUT2D eigenvalue weighted by Crippen LogP contribution is -2.52. The Labute approximate surface area is 154 Å². The van der Waals surface area contributed by atoms with Gasteiger partial charge in [0.1, 0.15) is 5.82 Å². The van der Waals surface area contributed by atoms with Gasteiger partial charge in [-0.25, -0.2) is 9.78 Å². The lowest BCUT2D eigenvalue weighted by Gasteiger charge is -2.25. The van der Waals surface area contributed by atoms with Gasteiger partial charge in [-0.15, -0.1) is 0 Å². The summed E-state index contributed by atoms with van der Waals surface area (Å²) in [6, 6.07) is 2.00. The lowest BCUT2D eigenvalue weighted by atomic mass is 10.0. The van der Waals surface area contributed by atoms with E-state index in [1.807, 2.05) is 0 Å². The van der Waals surface area contributed by atoms with E-state index in [0.717, 1.165) is 0 Å². The molecule has 4 amide bonds. The zero-order valence-electron chi connectivity index (χ0n) is 14.4. The molecule has 0 saturated heterocycles. The second kappa shape index (κ2) is 9.56. The van der Waals surface area contributed by atoms with Crippen LogP contribution in [0.3, 0.4) is 0 Å². The quantitative estimate of drug-likeness (QED) is 0.514. The van der Waals surface area contributed by atoms with E-state index in [9.17, 15) is 19.2 Å². The molecule has 0 aromatic carbocycles. The van der Waals surface area contributed by atoms with Crippen LogP contribution in [0.2, 0.25) is 5.02 Å². The van der Waals surface area contributed by atoms with Crippen molar-refractivity contribution in [3.05, 3.63) is 23.4 Å². The second-order valence-electron chi connectivity index (χ2n) is 5.60. The maximum atomic E-state index is 12.0. The Hall–Kier alpha value is -2.88. The van der Waals surface area contributed by atoms with Gasteiger partial charge in [0.25, 0.3) is 0 Å². The smallest absolute Gasteiger partial charge is 0.404 e. The van der Waals surface area contributed by atoms with Crippen LogP contribution >= 0.6 is 11.6 Å². The summed E-state index contributed by atoms with van der Waals surface area (Å²) in [4.78, 5) is 51.8. The number of pyridine rings is 1. The van der Waals surface area contributed by atoms with E-state index in [1.54, 1.807) is 0 Å². The highest BCUT2D eigenvalue weighted by molar-refractivity contribution is 6.39. The Balaban J connectivity index is 2.66. The molecule has 0 aliphatic rings. The Bertz CT molecular complexity index is 680. The van der Waals surface area contributed by atoms with E-state index in [4.69, 9.17) is 16.7 Å². The molecule has 142 valence electrons. The Morgan fingerprint density at radius 2 is 1.88 bits per heavy atom. The molecular formula is C15H20ClN5O5. The average molecular weight is 386 g/mol. The number of carbonyl (C=O) groups excluding carboxylic acids is 3. The maximum Gasteiger partial charge on any atom is 0.404 e. The fourth-order valence-corrected chi connectivity index (χ4v) is 2.11. The molecule has 0 aliphatic carbocycles. The van der Waals surface area contributed by atoms with Crippen LogP contribution in [-0.4, -0.2) is 65.5 Å². The Kier molecular flexibility index (Phi) is 7.78. The molecule has 1 aromatic heterocycles. The average Bonchev–Trinajstić information content (AvgIpc) is 2.58. The maximum absolute atomic E-state index is 12.0. The second-order valence-corrected chi connectivity index (χ2v) is 6.04. The van der Waals surface area contributed by atoms with Gasteiger partial charge in [0.05, 0.1) is 17.0 Å². The number of carboxylic acid groups (broad SMARTS) is 1. The van der Waals surface area contributed by atoms with Crippen molar-refractivity contribution in [1.82, 2.24) is 20.5 Å². The third kappa shape index (κ3) is 6.55. The molecule has 1 unspecified atom stereocenters. The number of nitrogens with zero attached hydrogens (tertiary/aromatic N) is 2. The van der Waals surface area contributed by atoms with Crippen molar-refractivity contribution in [2.24, 2.45) is 5.92 Å². The summed E-state index contributed by atoms with van der Waals surface area (Å²) in [6.07, 6.45) is -0.0476. The lowest BCUT2D eigenvalue weighted by molar-refractivity contribution is -0.136. The number of amides is 4. The molecule has 2 atom stereocenters. The largest absolute Gasteiger partial charge is 0.465 e. The van der Waals surface area contributed by atoms with Crippen LogP contribution in [0, 0.1) is 5.92 Å². The minimum absolute atomic E-state index is 0.130. The van der Waals surface area contributed by atoms with Gasteiger partial charge in [0.15, 0.2) is 0 Å². The van der Waals surface area contributed by atoms with Crippen LogP contribution in [0.5, 0.6) is 0 Å². The standard InChI is InChI=1S/C15H20ClN5O5/c1-8(14(24)21(2)3)10(19-15(25)26)7-18-12(22)13(23)20-11-5-4-9(16)6-17-11/h4-6,8,10,19H,7H2,1-3H3,(H,18,22)(H,25,26)(H,17,20,23)/t8?,10-/m0/s1. The first-order valence-corrected chi connectivity index (χ1v) is 7.91. The number of halogens is 1. The van der Waals surface area contributed by atoms with Gasteiger partial charge in [-0.2, -0.15) is 0 Å². The monoisotopic (exact) mass is 385 g/mol. The molecule has 11 heteroatoms. The molecule has 26 heavy (non-hydrogen) atoms. The number of anilines is 1. The van der Waals surface area contributed by atoms with Gasteiger partial charge >= 0.3 is 17.9 Å². The fourth-order valence-electron chi connectivity index (χ4n) is 2.00. The van der Waals surface area contributed by atoms with Crippen LogP contribution in [0.4, 0.5) is 10.6 Å². The predicted octanol–water partition coefficient (Wildman–Crippen LogP) is 0.150. The molecule has 1 heterocycles. The van der Waals surface area contributed by atoms with Gasteiger partial charge < -0.3 is 26.0 Å². The van der Waals surface area contributed by atoms with E-state index in [1.165, 1.54) is 44.2 Å². The van der Waals surface area contributed by atoms with Crippen molar-refractivity contribution >= 4 is 41.2 Å².